The van der Waals surface area contributed by atoms with Crippen LogP contribution in [0.25, 0.3) is 10.9 Å². The summed E-state index contributed by atoms with van der Waals surface area (Å²) < 4.78 is 44.3. The number of nitrogens with one attached hydrogen (secondary N) is 1. The Morgan fingerprint density at radius 2 is 1.87 bits per heavy atom. The molecule has 1 aliphatic heterocycles. The van der Waals surface area contributed by atoms with Crippen LogP contribution in [0.15, 0.2) is 24.4 Å². The van der Waals surface area contributed by atoms with Crippen molar-refractivity contribution in [2.45, 2.75) is 26.4 Å². The minimum atomic E-state index is -4.45. The van der Waals surface area contributed by atoms with Crippen molar-refractivity contribution >= 4 is 22.6 Å². The summed E-state index contributed by atoms with van der Waals surface area (Å²) in [5.74, 6) is -0.546. The van der Waals surface area contributed by atoms with E-state index in [1.807, 2.05) is 0 Å². The van der Waals surface area contributed by atoms with Gasteiger partial charge in [0.15, 0.2) is 0 Å². The fourth-order valence-corrected chi connectivity index (χ4v) is 3.77. The van der Waals surface area contributed by atoms with Crippen molar-refractivity contribution in [3.05, 3.63) is 35.5 Å². The molecule has 1 aromatic heterocycles. The smallest absolute Gasteiger partial charge is 0.416 e. The van der Waals surface area contributed by atoms with E-state index in [1.165, 1.54) is 12.3 Å². The highest BCUT2D eigenvalue weighted by Crippen LogP contribution is 2.34. The molecule has 0 aliphatic carbocycles. The number of nitrogens with zero attached hydrogens (tertiary/aromatic N) is 3. The topological polar surface area (TPSA) is 57.7 Å². The van der Waals surface area contributed by atoms with Crippen LogP contribution in [0.1, 0.15) is 36.2 Å². The Bertz CT molecular complexity index is 896. The Morgan fingerprint density at radius 1 is 1.16 bits per heavy atom. The average Bonchev–Trinajstić information content (AvgIpc) is 2.76. The van der Waals surface area contributed by atoms with Crippen LogP contribution in [0.2, 0.25) is 0 Å². The first-order chi connectivity index (χ1) is 14.8. The van der Waals surface area contributed by atoms with Crippen molar-refractivity contribution in [3.63, 3.8) is 0 Å². The number of rotatable bonds is 8. The first kappa shape index (κ1) is 23.3. The van der Waals surface area contributed by atoms with E-state index in [-0.39, 0.29) is 17.7 Å². The third-order valence-corrected chi connectivity index (χ3v) is 5.56. The van der Waals surface area contributed by atoms with Crippen molar-refractivity contribution in [2.75, 3.05) is 57.7 Å². The molecule has 170 valence electrons. The minimum Gasteiger partial charge on any atom is -0.462 e. The number of anilines is 1. The van der Waals surface area contributed by atoms with Gasteiger partial charge >= 0.3 is 12.1 Å². The summed E-state index contributed by atoms with van der Waals surface area (Å²) in [5, 5.41) is 3.72. The van der Waals surface area contributed by atoms with Gasteiger partial charge in [-0.15, -0.1) is 0 Å². The molecule has 0 amide bonds. The second-order valence-electron chi connectivity index (χ2n) is 7.55. The molecule has 1 aliphatic rings. The van der Waals surface area contributed by atoms with Crippen LogP contribution in [0.5, 0.6) is 0 Å². The van der Waals surface area contributed by atoms with Crippen molar-refractivity contribution in [2.24, 2.45) is 0 Å². The summed E-state index contributed by atoms with van der Waals surface area (Å²) in [7, 11) is 0. The van der Waals surface area contributed by atoms with E-state index in [0.717, 1.165) is 57.8 Å². The molecule has 0 spiro atoms. The Hall–Kier alpha value is -2.39. The van der Waals surface area contributed by atoms with Gasteiger partial charge in [-0.2, -0.15) is 13.2 Å². The number of alkyl halides is 3. The molecule has 0 saturated carbocycles. The fourth-order valence-electron chi connectivity index (χ4n) is 3.77. The van der Waals surface area contributed by atoms with Gasteiger partial charge in [-0.1, -0.05) is 13.0 Å². The van der Waals surface area contributed by atoms with E-state index in [9.17, 15) is 18.0 Å². The molecule has 31 heavy (non-hydrogen) atoms. The van der Waals surface area contributed by atoms with Crippen molar-refractivity contribution < 1.29 is 22.7 Å². The van der Waals surface area contributed by atoms with Crippen LogP contribution in [0, 0.1) is 0 Å². The zero-order chi connectivity index (χ0) is 22.4. The number of halogens is 3. The number of pyridine rings is 1. The Balaban J connectivity index is 1.74. The van der Waals surface area contributed by atoms with Crippen LogP contribution < -0.4 is 5.32 Å². The largest absolute Gasteiger partial charge is 0.462 e. The molecule has 1 saturated heterocycles. The second kappa shape index (κ2) is 10.3. The maximum absolute atomic E-state index is 13.1. The van der Waals surface area contributed by atoms with Gasteiger partial charge in [0.1, 0.15) is 5.56 Å². The lowest BCUT2D eigenvalue weighted by Gasteiger charge is -2.34. The number of aromatic nitrogens is 1. The molecule has 9 heteroatoms. The first-order valence-corrected chi connectivity index (χ1v) is 10.7. The van der Waals surface area contributed by atoms with Crippen molar-refractivity contribution in [1.29, 1.82) is 0 Å². The van der Waals surface area contributed by atoms with Gasteiger partial charge < -0.3 is 19.9 Å². The third-order valence-electron chi connectivity index (χ3n) is 5.56. The minimum absolute atomic E-state index is 0.182. The molecule has 2 heterocycles. The summed E-state index contributed by atoms with van der Waals surface area (Å²) in [6.07, 6.45) is -2.32. The average molecular weight is 438 g/mol. The second-order valence-corrected chi connectivity index (χ2v) is 7.55. The molecule has 1 aromatic carbocycles. The van der Waals surface area contributed by atoms with Gasteiger partial charge in [0.25, 0.3) is 0 Å². The van der Waals surface area contributed by atoms with E-state index in [1.54, 1.807) is 6.92 Å². The van der Waals surface area contributed by atoms with E-state index < -0.39 is 17.7 Å². The molecule has 6 nitrogen and oxygen atoms in total. The quantitative estimate of drug-likeness (QED) is 0.499. The zero-order valence-corrected chi connectivity index (χ0v) is 18.0. The molecule has 2 aromatic rings. The van der Waals surface area contributed by atoms with E-state index in [4.69, 9.17) is 4.74 Å². The zero-order valence-electron chi connectivity index (χ0n) is 18.0. The molecule has 0 bridgehead atoms. The number of carbonyl (C=O) groups excluding carboxylic acids is 1. The van der Waals surface area contributed by atoms with Crippen LogP contribution in [0.3, 0.4) is 0 Å². The number of fused-ring (bicyclic) bond motifs is 1. The number of likely N-dealkylation sites (N-methyl/N-ethyl adjacent to an activating group) is 1. The van der Waals surface area contributed by atoms with Gasteiger partial charge in [-0.05, 0) is 38.6 Å². The normalized spacial score (nSPS) is 15.9. The highest BCUT2D eigenvalue weighted by Gasteiger charge is 2.31. The standard InChI is InChI=1S/C22H29F3N4O2/c1-3-28-10-12-29(13-11-28)9-5-8-26-20-17-7-6-16(22(23,24)25)14-19(17)27-15-18(20)21(30)31-4-2/h6-7,14-15H,3-5,8-13H2,1-2H3,(H,26,27). The summed E-state index contributed by atoms with van der Waals surface area (Å²) >= 11 is 0. The molecule has 0 unspecified atom stereocenters. The summed E-state index contributed by atoms with van der Waals surface area (Å²) in [6, 6.07) is 3.38. The SMILES string of the molecule is CCOC(=O)c1cnc2cc(C(F)(F)F)ccc2c1NCCCN1CCN(CC)CC1. The summed E-state index contributed by atoms with van der Waals surface area (Å²) in [5.41, 5.74) is 0.105. The fraction of sp³-hybridized carbons (Fsp3) is 0.545. The Morgan fingerprint density at radius 3 is 2.52 bits per heavy atom. The molecule has 1 N–H and O–H groups in total. The van der Waals surface area contributed by atoms with Crippen molar-refractivity contribution in [1.82, 2.24) is 14.8 Å². The third kappa shape index (κ3) is 5.86. The number of hydrogen-bond acceptors (Lipinski definition) is 6. The highest BCUT2D eigenvalue weighted by molar-refractivity contribution is 6.05. The number of carbonyl (C=O) groups is 1. The lowest BCUT2D eigenvalue weighted by atomic mass is 10.1. The number of hydrogen-bond donors (Lipinski definition) is 1. The predicted octanol–water partition coefficient (Wildman–Crippen LogP) is 3.87. The molecule has 3 rings (SSSR count). The number of benzene rings is 1. The van der Waals surface area contributed by atoms with Gasteiger partial charge in [-0.25, -0.2) is 4.79 Å². The van der Waals surface area contributed by atoms with Gasteiger partial charge in [0.2, 0.25) is 0 Å². The lowest BCUT2D eigenvalue weighted by molar-refractivity contribution is -0.137. The number of esters is 1. The maximum atomic E-state index is 13.1. The molecule has 0 atom stereocenters. The van der Waals surface area contributed by atoms with Crippen LogP contribution in [0.4, 0.5) is 18.9 Å². The molecule has 0 radical (unpaired) electrons. The van der Waals surface area contributed by atoms with E-state index in [2.05, 4.69) is 27.0 Å². The van der Waals surface area contributed by atoms with E-state index in [0.29, 0.717) is 17.6 Å². The Kier molecular flexibility index (Phi) is 7.72. The Labute approximate surface area is 180 Å². The van der Waals surface area contributed by atoms with Gasteiger partial charge in [0, 0.05) is 44.3 Å². The van der Waals surface area contributed by atoms with Crippen molar-refractivity contribution in [3.8, 4) is 0 Å². The first-order valence-electron chi connectivity index (χ1n) is 10.7. The molecular weight excluding hydrogens is 409 g/mol. The van der Waals surface area contributed by atoms with E-state index >= 15 is 0 Å². The monoisotopic (exact) mass is 438 g/mol. The number of piperazine rings is 1. The van der Waals surface area contributed by atoms with Gasteiger partial charge in [0.05, 0.1) is 23.4 Å². The molecule has 1 fully saturated rings. The van der Waals surface area contributed by atoms with Crippen LogP contribution >= 0.6 is 0 Å². The van der Waals surface area contributed by atoms with Crippen LogP contribution in [-0.4, -0.2) is 73.2 Å². The van der Waals surface area contributed by atoms with Crippen LogP contribution in [-0.2, 0) is 10.9 Å². The summed E-state index contributed by atoms with van der Waals surface area (Å²) in [6.45, 7) is 10.8. The number of ether oxygens (including phenoxy) is 1. The summed E-state index contributed by atoms with van der Waals surface area (Å²) in [4.78, 5) is 21.3. The molecular formula is C22H29F3N4O2. The predicted molar refractivity (Wildman–Crippen MR) is 114 cm³/mol. The maximum Gasteiger partial charge on any atom is 0.416 e. The highest BCUT2D eigenvalue weighted by atomic mass is 19.4. The van der Waals surface area contributed by atoms with Gasteiger partial charge in [-0.3, -0.25) is 4.98 Å². The lowest BCUT2D eigenvalue weighted by Crippen LogP contribution is -2.46.